The third-order valence-corrected chi connectivity index (χ3v) is 5.16. The van der Waals surface area contributed by atoms with Gasteiger partial charge in [0.2, 0.25) is 5.91 Å². The highest BCUT2D eigenvalue weighted by molar-refractivity contribution is 5.77. The Kier molecular flexibility index (Phi) is 6.68. The Morgan fingerprint density at radius 1 is 1.25 bits per heavy atom. The molecule has 1 fully saturated rings. The topological polar surface area (TPSA) is 54.5 Å². The molecule has 3 rings (SSSR count). The van der Waals surface area contributed by atoms with Crippen molar-refractivity contribution in [2.45, 2.75) is 45.1 Å². The zero-order chi connectivity index (χ0) is 20.0. The predicted molar refractivity (Wildman–Crippen MR) is 111 cm³/mol. The van der Waals surface area contributed by atoms with Crippen LogP contribution >= 0.6 is 0 Å². The van der Waals surface area contributed by atoms with Gasteiger partial charge in [-0.15, -0.1) is 0 Å². The zero-order valence-electron chi connectivity index (χ0n) is 17.1. The minimum Gasteiger partial charge on any atom is -0.494 e. The van der Waals surface area contributed by atoms with Crippen LogP contribution in [0.2, 0.25) is 0 Å². The van der Waals surface area contributed by atoms with Gasteiger partial charge < -0.3 is 15.0 Å². The first-order chi connectivity index (χ1) is 13.4. The smallest absolute Gasteiger partial charge is 0.223 e. The van der Waals surface area contributed by atoms with Crippen LogP contribution in [-0.2, 0) is 10.2 Å². The van der Waals surface area contributed by atoms with Crippen molar-refractivity contribution in [2.75, 3.05) is 26.2 Å². The zero-order valence-corrected chi connectivity index (χ0v) is 17.1. The van der Waals surface area contributed by atoms with Crippen LogP contribution < -0.4 is 10.1 Å². The van der Waals surface area contributed by atoms with E-state index in [-0.39, 0.29) is 17.4 Å². The number of ether oxygens (including phenoxy) is 1. The molecule has 2 aromatic rings. The second-order valence-electron chi connectivity index (χ2n) is 8.32. The fourth-order valence-corrected chi connectivity index (χ4v) is 3.48. The maximum Gasteiger partial charge on any atom is 0.223 e. The average molecular weight is 382 g/mol. The number of hydrogen-bond donors (Lipinski definition) is 1. The number of amides is 1. The molecule has 0 saturated carbocycles. The number of aromatic nitrogens is 1. The second-order valence-corrected chi connectivity index (χ2v) is 8.32. The van der Waals surface area contributed by atoms with Gasteiger partial charge in [-0.3, -0.25) is 9.78 Å². The van der Waals surface area contributed by atoms with E-state index in [4.69, 9.17) is 4.74 Å². The molecule has 28 heavy (non-hydrogen) atoms. The van der Waals surface area contributed by atoms with E-state index in [1.54, 1.807) is 6.20 Å². The summed E-state index contributed by atoms with van der Waals surface area (Å²) < 4.78 is 5.83. The summed E-state index contributed by atoms with van der Waals surface area (Å²) in [4.78, 5) is 18.9. The first-order valence-corrected chi connectivity index (χ1v) is 10.1. The van der Waals surface area contributed by atoms with Crippen molar-refractivity contribution >= 4 is 5.91 Å². The maximum absolute atomic E-state index is 12.8. The molecule has 5 nitrogen and oxygen atoms in total. The molecule has 150 valence electrons. The van der Waals surface area contributed by atoms with E-state index in [0.29, 0.717) is 19.4 Å². The normalized spacial score (nSPS) is 17.4. The fraction of sp³-hybridized carbons (Fsp3) is 0.478. The largest absolute Gasteiger partial charge is 0.494 e. The summed E-state index contributed by atoms with van der Waals surface area (Å²) in [6.45, 7) is 9.47. The van der Waals surface area contributed by atoms with Crippen LogP contribution in [0.15, 0.2) is 48.8 Å². The Balaban J connectivity index is 1.48. The molecule has 1 atom stereocenters. The quantitative estimate of drug-likeness (QED) is 0.775. The van der Waals surface area contributed by atoms with E-state index in [0.717, 1.165) is 30.9 Å². The van der Waals surface area contributed by atoms with Crippen LogP contribution in [-0.4, -0.2) is 42.0 Å². The van der Waals surface area contributed by atoms with Gasteiger partial charge in [0.1, 0.15) is 5.75 Å². The van der Waals surface area contributed by atoms with E-state index >= 15 is 0 Å². The second kappa shape index (κ2) is 9.20. The Morgan fingerprint density at radius 2 is 2.04 bits per heavy atom. The molecule has 1 aromatic carbocycles. The van der Waals surface area contributed by atoms with Crippen LogP contribution in [0.4, 0.5) is 0 Å². The molecule has 1 N–H and O–H groups in total. The Bertz CT molecular complexity index is 754. The molecule has 1 aliphatic rings. The summed E-state index contributed by atoms with van der Waals surface area (Å²) in [6, 6.07) is 12.3. The Labute approximate surface area is 168 Å². The molecule has 2 heterocycles. The summed E-state index contributed by atoms with van der Waals surface area (Å²) in [5.41, 5.74) is 2.51. The lowest BCUT2D eigenvalue weighted by Gasteiger charge is -2.36. The molecule has 1 aromatic heterocycles. The molecular formula is C23H31N3O2. The van der Waals surface area contributed by atoms with Gasteiger partial charge in [0.05, 0.1) is 12.6 Å². The molecule has 0 aliphatic carbocycles. The highest BCUT2D eigenvalue weighted by Gasteiger charge is 2.27. The van der Waals surface area contributed by atoms with Crippen molar-refractivity contribution in [1.29, 1.82) is 0 Å². The molecule has 1 aliphatic heterocycles. The van der Waals surface area contributed by atoms with Crippen molar-refractivity contribution < 1.29 is 9.53 Å². The number of nitrogens with zero attached hydrogens (tertiary/aromatic N) is 2. The van der Waals surface area contributed by atoms with E-state index in [1.807, 2.05) is 35.4 Å². The first-order valence-electron chi connectivity index (χ1n) is 10.1. The number of rotatable bonds is 6. The lowest BCUT2D eigenvalue weighted by molar-refractivity contribution is -0.134. The first kappa shape index (κ1) is 20.3. The fourth-order valence-electron chi connectivity index (χ4n) is 3.48. The lowest BCUT2D eigenvalue weighted by atomic mass is 9.87. The number of carbonyl (C=O) groups excluding carboxylic acids is 1. The van der Waals surface area contributed by atoms with Crippen molar-refractivity contribution in [3.8, 4) is 5.75 Å². The Morgan fingerprint density at radius 3 is 2.71 bits per heavy atom. The van der Waals surface area contributed by atoms with Gasteiger partial charge in [0, 0.05) is 38.4 Å². The van der Waals surface area contributed by atoms with Gasteiger partial charge in [-0.05, 0) is 41.2 Å². The summed E-state index contributed by atoms with van der Waals surface area (Å²) in [6.07, 6.45) is 4.82. The van der Waals surface area contributed by atoms with Crippen LogP contribution in [0.5, 0.6) is 5.75 Å². The van der Waals surface area contributed by atoms with E-state index < -0.39 is 0 Å². The molecule has 0 spiro atoms. The number of hydrogen-bond acceptors (Lipinski definition) is 4. The summed E-state index contributed by atoms with van der Waals surface area (Å²) in [5.74, 6) is 1.04. The van der Waals surface area contributed by atoms with Crippen LogP contribution in [0.1, 0.15) is 50.8 Å². The molecule has 1 saturated heterocycles. The van der Waals surface area contributed by atoms with Gasteiger partial charge in [-0.1, -0.05) is 39.0 Å². The number of pyridine rings is 1. The van der Waals surface area contributed by atoms with Crippen LogP contribution in [0, 0.1) is 0 Å². The number of nitrogens with one attached hydrogen (secondary N) is 1. The molecular weight excluding hydrogens is 350 g/mol. The van der Waals surface area contributed by atoms with Crippen molar-refractivity contribution in [2.24, 2.45) is 0 Å². The molecule has 1 amide bonds. The van der Waals surface area contributed by atoms with Crippen molar-refractivity contribution in [1.82, 2.24) is 15.2 Å². The van der Waals surface area contributed by atoms with Gasteiger partial charge in [0.25, 0.3) is 0 Å². The highest BCUT2D eigenvalue weighted by Crippen LogP contribution is 2.25. The van der Waals surface area contributed by atoms with Gasteiger partial charge >= 0.3 is 0 Å². The molecule has 5 heteroatoms. The van der Waals surface area contributed by atoms with Gasteiger partial charge in [-0.2, -0.15) is 0 Å². The average Bonchev–Trinajstić information content (AvgIpc) is 2.71. The third-order valence-electron chi connectivity index (χ3n) is 5.16. The lowest BCUT2D eigenvalue weighted by Crippen LogP contribution is -2.48. The Hall–Kier alpha value is -2.40. The predicted octanol–water partition coefficient (Wildman–Crippen LogP) is 3.71. The van der Waals surface area contributed by atoms with Crippen LogP contribution in [0.3, 0.4) is 0 Å². The van der Waals surface area contributed by atoms with Crippen LogP contribution in [0.25, 0.3) is 0 Å². The third kappa shape index (κ3) is 5.32. The number of benzene rings is 1. The van der Waals surface area contributed by atoms with E-state index in [2.05, 4.69) is 43.2 Å². The highest BCUT2D eigenvalue weighted by atomic mass is 16.5. The standard InChI is InChI=1S/C23H31N3O2/c1-23(2,3)19-8-10-20(11-9-19)28-15-5-7-22(27)26-14-13-25-17-21(26)18-6-4-12-24-16-18/h4,6,8-12,16,21,25H,5,7,13-15,17H2,1-3H3. The number of carbonyl (C=O) groups is 1. The maximum atomic E-state index is 12.8. The minimum atomic E-state index is 0.0563. The summed E-state index contributed by atoms with van der Waals surface area (Å²) in [5, 5.41) is 3.38. The van der Waals surface area contributed by atoms with E-state index in [1.165, 1.54) is 5.56 Å². The van der Waals surface area contributed by atoms with Crippen molar-refractivity contribution in [3.63, 3.8) is 0 Å². The SMILES string of the molecule is CC(C)(C)c1ccc(OCCCC(=O)N2CCNCC2c2cccnc2)cc1. The minimum absolute atomic E-state index is 0.0563. The summed E-state index contributed by atoms with van der Waals surface area (Å²) in [7, 11) is 0. The monoisotopic (exact) mass is 381 g/mol. The van der Waals surface area contributed by atoms with Gasteiger partial charge in [-0.25, -0.2) is 0 Å². The van der Waals surface area contributed by atoms with E-state index in [9.17, 15) is 4.79 Å². The summed E-state index contributed by atoms with van der Waals surface area (Å²) >= 11 is 0. The molecule has 1 unspecified atom stereocenters. The molecule has 0 bridgehead atoms. The van der Waals surface area contributed by atoms with Crippen molar-refractivity contribution in [3.05, 3.63) is 59.9 Å². The molecule has 0 radical (unpaired) electrons. The van der Waals surface area contributed by atoms with Gasteiger partial charge in [0.15, 0.2) is 0 Å². The number of piperazine rings is 1.